The highest BCUT2D eigenvalue weighted by Crippen LogP contribution is 2.20. The lowest BCUT2D eigenvalue weighted by Crippen LogP contribution is -2.27. The fourth-order valence-corrected chi connectivity index (χ4v) is 2.66. The van der Waals surface area contributed by atoms with Crippen LogP contribution in [-0.2, 0) is 16.0 Å². The molecule has 0 bridgehead atoms. The largest absolute Gasteiger partial charge is 0.378 e. The van der Waals surface area contributed by atoms with Crippen molar-refractivity contribution in [3.05, 3.63) is 17.0 Å². The molecule has 1 amide bonds. The first-order chi connectivity index (χ1) is 9.66. The summed E-state index contributed by atoms with van der Waals surface area (Å²) in [7, 11) is 0. The molecular formula is C15H25N3O2. The van der Waals surface area contributed by atoms with E-state index in [1.807, 2.05) is 13.8 Å². The van der Waals surface area contributed by atoms with E-state index >= 15 is 0 Å². The minimum Gasteiger partial charge on any atom is -0.378 e. The zero-order valence-corrected chi connectivity index (χ0v) is 12.5. The molecule has 0 radical (unpaired) electrons. The van der Waals surface area contributed by atoms with Crippen LogP contribution >= 0.6 is 0 Å². The maximum absolute atomic E-state index is 11.8. The first-order valence-corrected chi connectivity index (χ1v) is 7.55. The van der Waals surface area contributed by atoms with Gasteiger partial charge in [-0.2, -0.15) is 5.10 Å². The number of rotatable bonds is 7. The molecule has 2 N–H and O–H groups in total. The summed E-state index contributed by atoms with van der Waals surface area (Å²) in [6.07, 6.45) is 6.73. The number of nitrogens with zero attached hydrogens (tertiary/aromatic N) is 1. The summed E-state index contributed by atoms with van der Waals surface area (Å²) < 4.78 is 5.76. The van der Waals surface area contributed by atoms with Gasteiger partial charge in [0.05, 0.1) is 18.2 Å². The fraction of sp³-hybridized carbons (Fsp3) is 0.733. The molecule has 5 nitrogen and oxygen atoms in total. The highest BCUT2D eigenvalue weighted by molar-refractivity contribution is 5.79. The predicted octanol–water partition coefficient (Wildman–Crippen LogP) is 2.03. The molecule has 1 aromatic rings. The summed E-state index contributed by atoms with van der Waals surface area (Å²) in [4.78, 5) is 11.8. The molecule has 1 aromatic heterocycles. The standard InChI is InChI=1S/C15H25N3O2/c1-11-14(12(2)18-17-11)10-15(19)16-8-5-9-20-13-6-3-4-7-13/h13H,3-10H2,1-2H3,(H,16,19)(H,17,18). The summed E-state index contributed by atoms with van der Waals surface area (Å²) in [6, 6.07) is 0. The summed E-state index contributed by atoms with van der Waals surface area (Å²) in [5.74, 6) is 0.0541. The summed E-state index contributed by atoms with van der Waals surface area (Å²) >= 11 is 0. The topological polar surface area (TPSA) is 67.0 Å². The molecule has 0 aliphatic heterocycles. The monoisotopic (exact) mass is 279 g/mol. The Morgan fingerprint density at radius 1 is 1.40 bits per heavy atom. The highest BCUT2D eigenvalue weighted by Gasteiger charge is 2.15. The first-order valence-electron chi connectivity index (χ1n) is 7.55. The normalized spacial score (nSPS) is 15.7. The molecule has 0 aromatic carbocycles. The number of nitrogens with one attached hydrogen (secondary N) is 2. The molecule has 0 spiro atoms. The number of carbonyl (C=O) groups excluding carboxylic acids is 1. The first kappa shape index (κ1) is 15.0. The van der Waals surface area contributed by atoms with Crippen LogP contribution in [0.1, 0.15) is 49.1 Å². The van der Waals surface area contributed by atoms with Crippen molar-refractivity contribution in [1.29, 1.82) is 0 Å². The molecular weight excluding hydrogens is 254 g/mol. The molecule has 0 saturated heterocycles. The van der Waals surface area contributed by atoms with Crippen molar-refractivity contribution in [1.82, 2.24) is 15.5 Å². The van der Waals surface area contributed by atoms with Crippen molar-refractivity contribution in [2.75, 3.05) is 13.2 Å². The van der Waals surface area contributed by atoms with Crippen molar-refractivity contribution in [3.63, 3.8) is 0 Å². The molecule has 1 aliphatic carbocycles. The minimum atomic E-state index is 0.0541. The Hall–Kier alpha value is -1.36. The zero-order valence-electron chi connectivity index (χ0n) is 12.5. The zero-order chi connectivity index (χ0) is 14.4. The van der Waals surface area contributed by atoms with Crippen molar-refractivity contribution < 1.29 is 9.53 Å². The number of ether oxygens (including phenoxy) is 1. The second-order valence-electron chi connectivity index (χ2n) is 5.57. The molecule has 20 heavy (non-hydrogen) atoms. The third kappa shape index (κ3) is 4.34. The fourth-order valence-electron chi connectivity index (χ4n) is 2.66. The van der Waals surface area contributed by atoms with Gasteiger partial charge in [0, 0.05) is 24.4 Å². The predicted molar refractivity (Wildman–Crippen MR) is 77.6 cm³/mol. The Labute approximate surface area is 120 Å². The van der Waals surface area contributed by atoms with E-state index in [-0.39, 0.29) is 5.91 Å². The van der Waals surface area contributed by atoms with Gasteiger partial charge in [-0.05, 0) is 33.1 Å². The molecule has 1 fully saturated rings. The van der Waals surface area contributed by atoms with Gasteiger partial charge in [-0.3, -0.25) is 9.89 Å². The number of carbonyl (C=O) groups is 1. The van der Waals surface area contributed by atoms with Crippen LogP contribution in [-0.4, -0.2) is 35.4 Å². The van der Waals surface area contributed by atoms with E-state index in [1.165, 1.54) is 25.7 Å². The van der Waals surface area contributed by atoms with E-state index in [0.717, 1.165) is 30.0 Å². The third-order valence-electron chi connectivity index (χ3n) is 3.92. The second kappa shape index (κ2) is 7.43. The van der Waals surface area contributed by atoms with Crippen molar-refractivity contribution >= 4 is 5.91 Å². The van der Waals surface area contributed by atoms with Gasteiger partial charge < -0.3 is 10.1 Å². The van der Waals surface area contributed by atoms with Gasteiger partial charge in [-0.15, -0.1) is 0 Å². The van der Waals surface area contributed by atoms with Crippen molar-refractivity contribution in [2.45, 2.75) is 58.5 Å². The number of hydrogen-bond donors (Lipinski definition) is 2. The number of aromatic nitrogens is 2. The number of amides is 1. The molecule has 2 rings (SSSR count). The van der Waals surface area contributed by atoms with E-state index in [2.05, 4.69) is 15.5 Å². The second-order valence-corrected chi connectivity index (χ2v) is 5.57. The Morgan fingerprint density at radius 2 is 2.15 bits per heavy atom. The lowest BCUT2D eigenvalue weighted by Gasteiger charge is -2.11. The van der Waals surface area contributed by atoms with Crippen LogP contribution in [0.15, 0.2) is 0 Å². The highest BCUT2D eigenvalue weighted by atomic mass is 16.5. The van der Waals surface area contributed by atoms with Crippen LogP contribution < -0.4 is 5.32 Å². The molecule has 5 heteroatoms. The van der Waals surface area contributed by atoms with Crippen LogP contribution in [0.2, 0.25) is 0 Å². The third-order valence-corrected chi connectivity index (χ3v) is 3.92. The van der Waals surface area contributed by atoms with Gasteiger partial charge in [-0.1, -0.05) is 12.8 Å². The lowest BCUT2D eigenvalue weighted by molar-refractivity contribution is -0.120. The maximum Gasteiger partial charge on any atom is 0.224 e. The van der Waals surface area contributed by atoms with Crippen LogP contribution in [0, 0.1) is 13.8 Å². The van der Waals surface area contributed by atoms with Crippen LogP contribution in [0.25, 0.3) is 0 Å². The van der Waals surface area contributed by atoms with E-state index in [0.29, 0.717) is 19.1 Å². The van der Waals surface area contributed by atoms with Gasteiger partial charge in [0.1, 0.15) is 0 Å². The number of aromatic amines is 1. The number of hydrogen-bond acceptors (Lipinski definition) is 3. The molecule has 1 saturated carbocycles. The summed E-state index contributed by atoms with van der Waals surface area (Å²) in [5, 5.41) is 9.94. The van der Waals surface area contributed by atoms with E-state index < -0.39 is 0 Å². The lowest BCUT2D eigenvalue weighted by atomic mass is 10.1. The maximum atomic E-state index is 11.8. The molecule has 0 unspecified atom stereocenters. The van der Waals surface area contributed by atoms with E-state index in [4.69, 9.17) is 4.74 Å². The van der Waals surface area contributed by atoms with Gasteiger partial charge in [0.25, 0.3) is 0 Å². The summed E-state index contributed by atoms with van der Waals surface area (Å²) in [6.45, 7) is 5.29. The summed E-state index contributed by atoms with van der Waals surface area (Å²) in [5.41, 5.74) is 2.88. The van der Waals surface area contributed by atoms with Crippen LogP contribution in [0.5, 0.6) is 0 Å². The Balaban J connectivity index is 1.58. The Morgan fingerprint density at radius 3 is 2.80 bits per heavy atom. The van der Waals surface area contributed by atoms with Crippen LogP contribution in [0.4, 0.5) is 0 Å². The Kier molecular flexibility index (Phi) is 5.59. The SMILES string of the molecule is Cc1n[nH]c(C)c1CC(=O)NCCCOC1CCCC1. The van der Waals surface area contributed by atoms with Crippen LogP contribution in [0.3, 0.4) is 0 Å². The van der Waals surface area contributed by atoms with E-state index in [1.54, 1.807) is 0 Å². The number of H-pyrrole nitrogens is 1. The van der Waals surface area contributed by atoms with E-state index in [9.17, 15) is 4.79 Å². The Bertz CT molecular complexity index is 417. The van der Waals surface area contributed by atoms with Gasteiger partial charge in [-0.25, -0.2) is 0 Å². The average Bonchev–Trinajstić information content (AvgIpc) is 3.04. The van der Waals surface area contributed by atoms with Gasteiger partial charge in [0.2, 0.25) is 5.91 Å². The molecule has 1 heterocycles. The molecule has 112 valence electrons. The average molecular weight is 279 g/mol. The molecule has 0 atom stereocenters. The minimum absolute atomic E-state index is 0.0541. The number of aryl methyl sites for hydroxylation is 2. The van der Waals surface area contributed by atoms with Gasteiger partial charge in [0.15, 0.2) is 0 Å². The quantitative estimate of drug-likeness (QED) is 0.751. The van der Waals surface area contributed by atoms with Gasteiger partial charge >= 0.3 is 0 Å². The van der Waals surface area contributed by atoms with Crippen molar-refractivity contribution in [2.24, 2.45) is 0 Å². The smallest absolute Gasteiger partial charge is 0.224 e. The van der Waals surface area contributed by atoms with Crippen molar-refractivity contribution in [3.8, 4) is 0 Å². The molecule has 1 aliphatic rings.